The van der Waals surface area contributed by atoms with E-state index in [9.17, 15) is 0 Å². The number of nitrogens with one attached hydrogen (secondary N) is 1. The third-order valence-electron chi connectivity index (χ3n) is 4.13. The highest BCUT2D eigenvalue weighted by Crippen LogP contribution is 2.30. The van der Waals surface area contributed by atoms with Gasteiger partial charge in [0.05, 0.1) is 0 Å². The van der Waals surface area contributed by atoms with Crippen LogP contribution in [0.2, 0.25) is 5.02 Å². The van der Waals surface area contributed by atoms with Crippen molar-refractivity contribution in [3.63, 3.8) is 0 Å². The summed E-state index contributed by atoms with van der Waals surface area (Å²) in [7, 11) is 0. The molecule has 1 N–H and O–H groups in total. The Bertz CT molecular complexity index is 462. The quantitative estimate of drug-likeness (QED) is 0.887. The lowest BCUT2D eigenvalue weighted by molar-refractivity contribution is 0.677. The number of rotatable bonds is 5. The van der Waals surface area contributed by atoms with Crippen LogP contribution >= 0.6 is 23.4 Å². The average molecular weight is 311 g/mol. The monoisotopic (exact) mass is 310 g/mol. The van der Waals surface area contributed by atoms with Gasteiger partial charge < -0.3 is 10.2 Å². The van der Waals surface area contributed by atoms with Crippen molar-refractivity contribution in [2.75, 3.05) is 23.7 Å². The Morgan fingerprint density at radius 2 is 2.25 bits per heavy atom. The Labute approximate surface area is 131 Å². The van der Waals surface area contributed by atoms with Crippen LogP contribution in [0.25, 0.3) is 0 Å². The summed E-state index contributed by atoms with van der Waals surface area (Å²) in [6.45, 7) is 5.55. The highest BCUT2D eigenvalue weighted by molar-refractivity contribution is 8.00. The predicted molar refractivity (Wildman–Crippen MR) is 90.1 cm³/mol. The molecule has 0 spiro atoms. The van der Waals surface area contributed by atoms with Crippen LogP contribution in [-0.2, 0) is 6.54 Å². The molecule has 0 amide bonds. The molecule has 1 aliphatic carbocycles. The van der Waals surface area contributed by atoms with Gasteiger partial charge >= 0.3 is 0 Å². The third kappa shape index (κ3) is 3.63. The maximum Gasteiger partial charge on any atom is 0.0413 e. The molecule has 110 valence electrons. The molecule has 2 nitrogen and oxygen atoms in total. The second-order valence-corrected chi connectivity index (χ2v) is 7.62. The van der Waals surface area contributed by atoms with Crippen molar-refractivity contribution in [2.24, 2.45) is 0 Å². The number of anilines is 1. The Morgan fingerprint density at radius 3 is 3.00 bits per heavy atom. The molecule has 2 fully saturated rings. The van der Waals surface area contributed by atoms with Crippen molar-refractivity contribution >= 4 is 29.1 Å². The predicted octanol–water partition coefficient (Wildman–Crippen LogP) is 3.92. The van der Waals surface area contributed by atoms with E-state index >= 15 is 0 Å². The number of benzene rings is 1. The zero-order valence-electron chi connectivity index (χ0n) is 12.1. The van der Waals surface area contributed by atoms with Gasteiger partial charge in [-0.15, -0.1) is 0 Å². The van der Waals surface area contributed by atoms with E-state index in [4.69, 9.17) is 11.6 Å². The molecule has 0 radical (unpaired) electrons. The van der Waals surface area contributed by atoms with E-state index in [1.54, 1.807) is 0 Å². The fraction of sp³-hybridized carbons (Fsp3) is 0.625. The van der Waals surface area contributed by atoms with Crippen LogP contribution in [0, 0.1) is 0 Å². The molecule has 1 aromatic rings. The highest BCUT2D eigenvalue weighted by Gasteiger charge is 2.23. The minimum Gasteiger partial charge on any atom is -0.369 e. The maximum atomic E-state index is 6.19. The summed E-state index contributed by atoms with van der Waals surface area (Å²) in [5.74, 6) is 1.23. The summed E-state index contributed by atoms with van der Waals surface area (Å²) < 4.78 is 0. The lowest BCUT2D eigenvalue weighted by atomic mass is 10.1. The zero-order chi connectivity index (χ0) is 13.9. The first-order chi connectivity index (χ1) is 9.76. The number of thioether (sulfide) groups is 1. The van der Waals surface area contributed by atoms with Crippen LogP contribution in [0.1, 0.15) is 31.7 Å². The first-order valence-corrected chi connectivity index (χ1v) is 9.07. The van der Waals surface area contributed by atoms with E-state index in [0.717, 1.165) is 29.4 Å². The van der Waals surface area contributed by atoms with Crippen LogP contribution in [0.3, 0.4) is 0 Å². The largest absolute Gasteiger partial charge is 0.369 e. The fourth-order valence-electron chi connectivity index (χ4n) is 2.73. The number of halogens is 1. The van der Waals surface area contributed by atoms with Gasteiger partial charge in [-0.25, -0.2) is 0 Å². The molecule has 1 atom stereocenters. The van der Waals surface area contributed by atoms with Gasteiger partial charge in [-0.1, -0.05) is 18.5 Å². The molecule has 0 aromatic heterocycles. The fourth-order valence-corrected chi connectivity index (χ4v) is 4.11. The van der Waals surface area contributed by atoms with Gasteiger partial charge in [0.15, 0.2) is 0 Å². The summed E-state index contributed by atoms with van der Waals surface area (Å²) in [6.07, 6.45) is 3.91. The van der Waals surface area contributed by atoms with Crippen LogP contribution in [0.15, 0.2) is 18.2 Å². The normalized spacial score (nSPS) is 23.1. The molecule has 1 aromatic carbocycles. The Morgan fingerprint density at radius 1 is 1.40 bits per heavy atom. The van der Waals surface area contributed by atoms with Crippen molar-refractivity contribution in [3.8, 4) is 0 Å². The molecule has 1 heterocycles. The lowest BCUT2D eigenvalue weighted by Gasteiger charge is -2.35. The smallest absolute Gasteiger partial charge is 0.0413 e. The van der Waals surface area contributed by atoms with Crippen LogP contribution in [0.4, 0.5) is 5.69 Å². The summed E-state index contributed by atoms with van der Waals surface area (Å²) in [6, 6.07) is 7.10. The van der Waals surface area contributed by atoms with Gasteiger partial charge in [0.25, 0.3) is 0 Å². The van der Waals surface area contributed by atoms with E-state index in [0.29, 0.717) is 0 Å². The second-order valence-electron chi connectivity index (χ2n) is 5.78. The van der Waals surface area contributed by atoms with Crippen LogP contribution < -0.4 is 10.2 Å². The van der Waals surface area contributed by atoms with Crippen molar-refractivity contribution in [1.82, 2.24) is 5.32 Å². The number of hydrogen-bond acceptors (Lipinski definition) is 3. The summed E-state index contributed by atoms with van der Waals surface area (Å²) in [5.41, 5.74) is 2.73. The zero-order valence-corrected chi connectivity index (χ0v) is 13.6. The van der Waals surface area contributed by atoms with E-state index in [1.807, 2.05) is 6.07 Å². The Hall–Kier alpha value is -0.380. The van der Waals surface area contributed by atoms with Gasteiger partial charge in [0, 0.05) is 47.4 Å². The average Bonchev–Trinajstić information content (AvgIpc) is 3.29. The topological polar surface area (TPSA) is 15.3 Å². The van der Waals surface area contributed by atoms with Crippen molar-refractivity contribution < 1.29 is 0 Å². The Balaban J connectivity index is 1.75. The van der Waals surface area contributed by atoms with Crippen molar-refractivity contribution in [1.29, 1.82) is 0 Å². The first kappa shape index (κ1) is 14.6. The van der Waals surface area contributed by atoms with Gasteiger partial charge in [-0.05, 0) is 43.0 Å². The van der Waals surface area contributed by atoms with Crippen molar-refractivity contribution in [3.05, 3.63) is 28.8 Å². The van der Waals surface area contributed by atoms with Crippen LogP contribution in [0.5, 0.6) is 0 Å². The van der Waals surface area contributed by atoms with E-state index in [2.05, 4.69) is 41.0 Å². The molecule has 4 heteroatoms. The van der Waals surface area contributed by atoms with Gasteiger partial charge in [-0.3, -0.25) is 0 Å². The number of nitrogens with zero attached hydrogens (tertiary/aromatic N) is 1. The summed E-state index contributed by atoms with van der Waals surface area (Å²) in [4.78, 5) is 2.55. The third-order valence-corrected chi connectivity index (χ3v) is 5.74. The molecule has 1 saturated heterocycles. The van der Waals surface area contributed by atoms with Crippen molar-refractivity contribution in [2.45, 2.75) is 44.0 Å². The molecule has 0 bridgehead atoms. The van der Waals surface area contributed by atoms with E-state index in [1.165, 1.54) is 42.8 Å². The Kier molecular flexibility index (Phi) is 4.79. The molecule has 3 rings (SSSR count). The minimum absolute atomic E-state index is 0.738. The molecule has 1 unspecified atom stereocenters. The highest BCUT2D eigenvalue weighted by atomic mass is 35.5. The molecular weight excluding hydrogens is 288 g/mol. The van der Waals surface area contributed by atoms with E-state index in [-0.39, 0.29) is 0 Å². The second kappa shape index (κ2) is 6.59. The maximum absolute atomic E-state index is 6.19. The summed E-state index contributed by atoms with van der Waals surface area (Å²) >= 11 is 8.31. The minimum atomic E-state index is 0.738. The van der Waals surface area contributed by atoms with Gasteiger partial charge in [0.1, 0.15) is 0 Å². The summed E-state index contributed by atoms with van der Waals surface area (Å²) in [5, 5.41) is 5.23. The van der Waals surface area contributed by atoms with Gasteiger partial charge in [-0.2, -0.15) is 11.8 Å². The van der Waals surface area contributed by atoms with Crippen LogP contribution in [-0.4, -0.2) is 30.1 Å². The lowest BCUT2D eigenvalue weighted by Crippen LogP contribution is -2.38. The standard InChI is InChI=1S/C16H23ClN2S/c1-2-15-11-19(7-8-20-15)16-6-3-13(17)9-12(16)10-18-14-4-5-14/h3,6,9,14-15,18H,2,4-5,7-8,10-11H2,1H3. The van der Waals surface area contributed by atoms with Gasteiger partial charge in [0.2, 0.25) is 0 Å². The molecule has 2 aliphatic rings. The molecule has 1 aliphatic heterocycles. The van der Waals surface area contributed by atoms with E-state index < -0.39 is 0 Å². The molecule has 1 saturated carbocycles. The molecular formula is C16H23ClN2S. The number of hydrogen-bond donors (Lipinski definition) is 1. The molecule has 20 heavy (non-hydrogen) atoms. The first-order valence-electron chi connectivity index (χ1n) is 7.64. The SMILES string of the molecule is CCC1CN(c2ccc(Cl)cc2CNC2CC2)CCS1.